The highest BCUT2D eigenvalue weighted by atomic mass is 16.3. The van der Waals surface area contributed by atoms with Gasteiger partial charge in [-0.1, -0.05) is 170 Å². The monoisotopic (exact) mass is 756 g/mol. The first-order valence-electron chi connectivity index (χ1n) is 26.4. The molecule has 274 valence electrons. The van der Waals surface area contributed by atoms with E-state index in [1.165, 1.54) is 0 Å². The fourth-order valence-corrected chi connectivity index (χ4v) is 7.73. The van der Waals surface area contributed by atoms with Crippen LogP contribution in [0.5, 0.6) is 0 Å². The van der Waals surface area contributed by atoms with E-state index in [1.807, 2.05) is 127 Å². The number of para-hydroxylation sites is 1. The van der Waals surface area contributed by atoms with Gasteiger partial charge in [-0.2, -0.15) is 0 Å². The lowest BCUT2D eigenvalue weighted by atomic mass is 9.82. The van der Waals surface area contributed by atoms with Gasteiger partial charge < -0.3 is 9.32 Å². The zero-order valence-corrected chi connectivity index (χ0v) is 30.7. The highest BCUT2D eigenvalue weighted by Gasteiger charge is 2.22. The van der Waals surface area contributed by atoms with E-state index in [0.29, 0.717) is 28.1 Å². The second-order valence-corrected chi connectivity index (χ2v) is 13.9. The molecule has 0 saturated carbocycles. The summed E-state index contributed by atoms with van der Waals surface area (Å²) in [6.45, 7) is 0. The molecule has 0 bridgehead atoms. The van der Waals surface area contributed by atoms with Gasteiger partial charge in [0.15, 0.2) is 0 Å². The van der Waals surface area contributed by atoms with Crippen molar-refractivity contribution < 1.29 is 25.0 Å². The molecule has 0 spiro atoms. The molecule has 0 fully saturated rings. The third-order valence-corrected chi connectivity index (χ3v) is 10.5. The molecular formula is C56H39NO. The predicted octanol–water partition coefficient (Wildman–Crippen LogP) is 15.7. The standard InChI is InChI=1S/C56H39NO/c1-2-12-38(13-3-1)40-28-32-46(33-29-40)57(47-34-30-41(31-35-47)39-24-26-43(27-25-39)49-20-10-17-42-14-6-7-18-48(42)49)53-22-9-8-19-50(53)51-21-11-23-54-56(51)52-36-44-15-4-5-16-45(44)37-55(52)58-54/h1-16,18-37,42H,17H2/i6D,7D,10D,14D,17D,18D,20D,24D,25D,26D,27D,30D,31D,34D,35D. The maximum Gasteiger partial charge on any atom is 0.136 e. The number of nitrogens with zero attached hydrogens (tertiary/aromatic N) is 1. The van der Waals surface area contributed by atoms with Crippen molar-refractivity contribution in [3.63, 3.8) is 0 Å². The van der Waals surface area contributed by atoms with Gasteiger partial charge in [-0.3, -0.25) is 0 Å². The van der Waals surface area contributed by atoms with Crippen LogP contribution >= 0.6 is 0 Å². The van der Waals surface area contributed by atoms with E-state index in [0.717, 1.165) is 38.2 Å². The highest BCUT2D eigenvalue weighted by Crippen LogP contribution is 2.46. The summed E-state index contributed by atoms with van der Waals surface area (Å²) in [6, 6.07) is 32.7. The molecule has 1 heterocycles. The van der Waals surface area contributed by atoms with E-state index < -0.39 is 119 Å². The second kappa shape index (κ2) is 14.3. The lowest BCUT2D eigenvalue weighted by molar-refractivity contribution is 0.669. The normalized spacial score (nSPS) is 20.7. The van der Waals surface area contributed by atoms with E-state index >= 15 is 0 Å². The highest BCUT2D eigenvalue weighted by molar-refractivity contribution is 6.16. The Hall–Kier alpha value is -7.42. The van der Waals surface area contributed by atoms with Gasteiger partial charge in [-0.05, 0) is 110 Å². The summed E-state index contributed by atoms with van der Waals surface area (Å²) in [5, 5.41) is 3.71. The van der Waals surface area contributed by atoms with E-state index in [4.69, 9.17) is 14.0 Å². The average Bonchev–Trinajstić information content (AvgIpc) is 3.77. The minimum absolute atomic E-state index is 0.177. The van der Waals surface area contributed by atoms with Crippen molar-refractivity contribution in [2.24, 2.45) is 5.92 Å². The van der Waals surface area contributed by atoms with Gasteiger partial charge in [0, 0.05) is 35.0 Å². The van der Waals surface area contributed by atoms with Crippen LogP contribution in [0.25, 0.3) is 71.7 Å². The van der Waals surface area contributed by atoms with Crippen LogP contribution < -0.4 is 4.90 Å². The van der Waals surface area contributed by atoms with Crippen LogP contribution in [0, 0.1) is 5.92 Å². The summed E-state index contributed by atoms with van der Waals surface area (Å²) in [4.78, 5) is 1.64. The average molecular weight is 757 g/mol. The number of furan rings is 1. The Morgan fingerprint density at radius 2 is 1.21 bits per heavy atom. The third-order valence-electron chi connectivity index (χ3n) is 10.5. The molecule has 0 aliphatic heterocycles. The Balaban J connectivity index is 1.13. The molecule has 58 heavy (non-hydrogen) atoms. The Kier molecular flexibility index (Phi) is 5.35. The molecule has 8 aromatic carbocycles. The van der Waals surface area contributed by atoms with E-state index in [1.54, 1.807) is 4.90 Å². The van der Waals surface area contributed by atoms with Gasteiger partial charge in [0.2, 0.25) is 0 Å². The lowest BCUT2D eigenvalue weighted by Gasteiger charge is -2.28. The van der Waals surface area contributed by atoms with E-state index in [9.17, 15) is 11.0 Å². The molecule has 2 nitrogen and oxygen atoms in total. The molecule has 2 aliphatic carbocycles. The number of allylic oxidation sites excluding steroid dienone is 8. The minimum atomic E-state index is -1.63. The van der Waals surface area contributed by atoms with Crippen molar-refractivity contribution in [2.45, 2.75) is 6.40 Å². The van der Waals surface area contributed by atoms with E-state index in [2.05, 4.69) is 6.07 Å². The first kappa shape index (κ1) is 21.8. The molecule has 1 aromatic heterocycles. The van der Waals surface area contributed by atoms with Gasteiger partial charge in [0.1, 0.15) is 11.2 Å². The van der Waals surface area contributed by atoms with Crippen LogP contribution in [0.1, 0.15) is 32.5 Å². The summed E-state index contributed by atoms with van der Waals surface area (Å²) in [6.07, 6.45) is -1.63. The van der Waals surface area contributed by atoms with Crippen LogP contribution in [-0.2, 0) is 0 Å². The summed E-state index contributed by atoms with van der Waals surface area (Å²) in [5.74, 6) is -1.48. The number of benzene rings is 8. The molecule has 11 rings (SSSR count). The number of hydrogen-bond acceptors (Lipinski definition) is 2. The number of fused-ring (bicyclic) bond motifs is 5. The summed E-state index contributed by atoms with van der Waals surface area (Å²) in [5.41, 5.74) is 2.86. The lowest BCUT2D eigenvalue weighted by Crippen LogP contribution is -2.11. The molecule has 0 amide bonds. The quantitative estimate of drug-likeness (QED) is 0.161. The smallest absolute Gasteiger partial charge is 0.136 e. The van der Waals surface area contributed by atoms with Gasteiger partial charge >= 0.3 is 0 Å². The van der Waals surface area contributed by atoms with Gasteiger partial charge in [0.25, 0.3) is 0 Å². The summed E-state index contributed by atoms with van der Waals surface area (Å²) in [7, 11) is 0. The summed E-state index contributed by atoms with van der Waals surface area (Å²) < 4.78 is 143. The number of rotatable bonds is 7. The largest absolute Gasteiger partial charge is 0.456 e. The Morgan fingerprint density at radius 3 is 2.02 bits per heavy atom. The summed E-state index contributed by atoms with van der Waals surface area (Å²) >= 11 is 0. The molecule has 0 N–H and O–H groups in total. The maximum atomic E-state index is 9.77. The van der Waals surface area contributed by atoms with Crippen LogP contribution in [-0.4, -0.2) is 0 Å². The minimum Gasteiger partial charge on any atom is -0.456 e. The fourth-order valence-electron chi connectivity index (χ4n) is 7.73. The molecule has 0 saturated heterocycles. The van der Waals surface area contributed by atoms with Crippen LogP contribution in [0.15, 0.2) is 228 Å². The molecule has 0 radical (unpaired) electrons. The van der Waals surface area contributed by atoms with Crippen LogP contribution in [0.2, 0.25) is 0 Å². The number of anilines is 3. The Labute approximate surface area is 359 Å². The van der Waals surface area contributed by atoms with Gasteiger partial charge in [0.05, 0.1) is 24.9 Å². The van der Waals surface area contributed by atoms with Gasteiger partial charge in [-0.25, -0.2) is 0 Å². The topological polar surface area (TPSA) is 16.4 Å². The molecule has 2 atom stereocenters. The molecule has 9 aromatic rings. The molecule has 2 aliphatic rings. The van der Waals surface area contributed by atoms with E-state index in [-0.39, 0.29) is 11.3 Å². The SMILES string of the molecule is [2H]C1=C([2H])C2=C(c3c([2H])c([2H])c(-c4c([2H])c([2H])c(N(c5ccc(-c6ccccc6)cc5)c5ccccc5-c5cccc6oc7cc8ccccc8cc7c56)c([2H])c4[2H])c([2H])c3[2H])C([2H])=C([2H])C([2H])C2C([2H])=C1[2H]. The zero-order valence-electron chi connectivity index (χ0n) is 45.7. The first-order valence-corrected chi connectivity index (χ1v) is 18.8. The fraction of sp³-hybridized carbons (Fsp3) is 0.0357. The van der Waals surface area contributed by atoms with Crippen molar-refractivity contribution in [3.05, 3.63) is 229 Å². The second-order valence-electron chi connectivity index (χ2n) is 13.9. The van der Waals surface area contributed by atoms with Crippen molar-refractivity contribution in [3.8, 4) is 33.4 Å². The Morgan fingerprint density at radius 1 is 0.534 bits per heavy atom. The zero-order chi connectivity index (χ0) is 51.5. The van der Waals surface area contributed by atoms with Crippen molar-refractivity contribution >= 4 is 55.3 Å². The molecule has 2 heteroatoms. The van der Waals surface area contributed by atoms with Gasteiger partial charge in [-0.15, -0.1) is 0 Å². The molecule has 2 unspecified atom stereocenters. The predicted molar refractivity (Wildman–Crippen MR) is 245 cm³/mol. The van der Waals surface area contributed by atoms with Crippen molar-refractivity contribution in [1.82, 2.24) is 0 Å². The van der Waals surface area contributed by atoms with Crippen molar-refractivity contribution in [2.75, 3.05) is 4.90 Å². The number of hydrogen-bond donors (Lipinski definition) is 0. The first-order chi connectivity index (χ1) is 35.0. The van der Waals surface area contributed by atoms with Crippen LogP contribution in [0.3, 0.4) is 0 Å². The molecular weight excluding hydrogens is 703 g/mol. The maximum absolute atomic E-state index is 9.77. The Bertz CT molecular complexity index is 3930. The van der Waals surface area contributed by atoms with Crippen LogP contribution in [0.4, 0.5) is 17.1 Å². The van der Waals surface area contributed by atoms with Crippen molar-refractivity contribution in [1.29, 1.82) is 0 Å². The third kappa shape index (κ3) is 5.98.